The fourth-order valence-electron chi connectivity index (χ4n) is 2.31. The van der Waals surface area contributed by atoms with E-state index in [1.807, 2.05) is 11.0 Å². The Bertz CT molecular complexity index is 583. The molecule has 0 N–H and O–H groups in total. The molecule has 1 saturated heterocycles. The molecule has 0 aliphatic carbocycles. The van der Waals surface area contributed by atoms with Gasteiger partial charge in [0, 0.05) is 6.54 Å². The number of aromatic nitrogens is 1. The van der Waals surface area contributed by atoms with E-state index in [9.17, 15) is 10.1 Å². The molecule has 98 valence electrons. The predicted molar refractivity (Wildman–Crippen MR) is 63.1 cm³/mol. The summed E-state index contributed by atoms with van der Waals surface area (Å²) in [5.41, 5.74) is -0.395. The number of hydrogen-bond acceptors (Lipinski definition) is 7. The van der Waals surface area contributed by atoms with E-state index in [0.29, 0.717) is 32.2 Å². The van der Waals surface area contributed by atoms with Gasteiger partial charge in [0.1, 0.15) is 18.9 Å². The Morgan fingerprint density at radius 2 is 2.42 bits per heavy atom. The van der Waals surface area contributed by atoms with Crippen LogP contribution in [-0.2, 0) is 4.74 Å². The SMILES string of the molecule is N#Cc1c([N+](=O)[O-])cnc2c1OC[C@H]1COCCN21. The highest BCUT2D eigenvalue weighted by atomic mass is 16.6. The van der Waals surface area contributed by atoms with Crippen molar-refractivity contribution < 1.29 is 14.4 Å². The Kier molecular flexibility index (Phi) is 2.68. The first-order valence-electron chi connectivity index (χ1n) is 5.77. The second-order valence-corrected chi connectivity index (χ2v) is 4.27. The van der Waals surface area contributed by atoms with Crippen molar-refractivity contribution in [2.75, 3.05) is 31.3 Å². The highest BCUT2D eigenvalue weighted by Gasteiger charge is 2.35. The average molecular weight is 262 g/mol. The van der Waals surface area contributed by atoms with Crippen molar-refractivity contribution in [1.29, 1.82) is 5.26 Å². The van der Waals surface area contributed by atoms with Gasteiger partial charge in [0.05, 0.1) is 24.2 Å². The lowest BCUT2D eigenvalue weighted by Crippen LogP contribution is -2.51. The summed E-state index contributed by atoms with van der Waals surface area (Å²) >= 11 is 0. The highest BCUT2D eigenvalue weighted by Crippen LogP contribution is 2.39. The van der Waals surface area contributed by atoms with Crippen LogP contribution >= 0.6 is 0 Å². The predicted octanol–water partition coefficient (Wildman–Crippen LogP) is 0.459. The summed E-state index contributed by atoms with van der Waals surface area (Å²) in [6.45, 7) is 2.07. The minimum Gasteiger partial charge on any atom is -0.486 e. The van der Waals surface area contributed by atoms with Gasteiger partial charge in [0.2, 0.25) is 0 Å². The Balaban J connectivity index is 2.11. The summed E-state index contributed by atoms with van der Waals surface area (Å²) in [5, 5.41) is 20.0. The minimum atomic E-state index is -0.624. The number of ether oxygens (including phenoxy) is 2. The zero-order valence-electron chi connectivity index (χ0n) is 9.90. The Hall–Kier alpha value is -2.40. The van der Waals surface area contributed by atoms with Crippen molar-refractivity contribution in [2.45, 2.75) is 6.04 Å². The smallest absolute Gasteiger partial charge is 0.309 e. The first-order chi connectivity index (χ1) is 9.22. The van der Waals surface area contributed by atoms with Crippen LogP contribution in [0, 0.1) is 21.4 Å². The Morgan fingerprint density at radius 3 is 3.16 bits per heavy atom. The molecule has 0 unspecified atom stereocenters. The zero-order chi connectivity index (χ0) is 13.4. The normalized spacial score (nSPS) is 20.8. The van der Waals surface area contributed by atoms with Gasteiger partial charge in [-0.05, 0) is 0 Å². The molecule has 2 aliphatic rings. The largest absolute Gasteiger partial charge is 0.486 e. The average Bonchev–Trinajstić information content (AvgIpc) is 2.45. The maximum absolute atomic E-state index is 10.9. The number of rotatable bonds is 1. The fourth-order valence-corrected chi connectivity index (χ4v) is 2.31. The molecule has 1 aromatic rings. The zero-order valence-corrected chi connectivity index (χ0v) is 9.90. The van der Waals surface area contributed by atoms with Crippen LogP contribution in [0.25, 0.3) is 0 Å². The van der Waals surface area contributed by atoms with Crippen molar-refractivity contribution in [3.05, 3.63) is 21.9 Å². The maximum Gasteiger partial charge on any atom is 0.309 e. The van der Waals surface area contributed by atoms with Gasteiger partial charge in [-0.15, -0.1) is 0 Å². The van der Waals surface area contributed by atoms with E-state index in [2.05, 4.69) is 4.98 Å². The first kappa shape index (κ1) is 11.7. The van der Waals surface area contributed by atoms with Crippen LogP contribution in [0.1, 0.15) is 5.56 Å². The molecule has 1 fully saturated rings. The van der Waals surface area contributed by atoms with Crippen LogP contribution in [0.3, 0.4) is 0 Å². The van der Waals surface area contributed by atoms with Gasteiger partial charge in [0.25, 0.3) is 0 Å². The molecular weight excluding hydrogens is 252 g/mol. The van der Waals surface area contributed by atoms with E-state index in [1.54, 1.807) is 0 Å². The van der Waals surface area contributed by atoms with Gasteiger partial charge in [0.15, 0.2) is 17.1 Å². The molecule has 3 heterocycles. The van der Waals surface area contributed by atoms with Crippen molar-refractivity contribution in [3.63, 3.8) is 0 Å². The van der Waals surface area contributed by atoms with Crippen molar-refractivity contribution >= 4 is 11.5 Å². The quantitative estimate of drug-likeness (QED) is 0.535. The third kappa shape index (κ3) is 1.75. The van der Waals surface area contributed by atoms with Crippen molar-refractivity contribution in [2.24, 2.45) is 0 Å². The Labute approximate surface area is 108 Å². The summed E-state index contributed by atoms with van der Waals surface area (Å²) in [7, 11) is 0. The standard InChI is InChI=1S/C11H10N4O4/c12-3-8-9(15(16)17)4-13-11-10(8)19-6-7-5-18-2-1-14(7)11/h4,7H,1-2,5-6H2/t7-/m1/s1. The molecule has 1 atom stereocenters. The van der Waals surface area contributed by atoms with Crippen molar-refractivity contribution in [3.8, 4) is 11.8 Å². The van der Waals surface area contributed by atoms with Crippen LogP contribution in [0.15, 0.2) is 6.20 Å². The summed E-state index contributed by atoms with van der Waals surface area (Å²) in [6.07, 6.45) is 1.11. The molecule has 19 heavy (non-hydrogen) atoms. The summed E-state index contributed by atoms with van der Waals surface area (Å²) in [6, 6.07) is 1.88. The number of nitriles is 1. The van der Waals surface area contributed by atoms with Crippen LogP contribution in [0.4, 0.5) is 11.5 Å². The fraction of sp³-hybridized carbons (Fsp3) is 0.455. The number of nitro groups is 1. The van der Waals surface area contributed by atoms with E-state index in [0.717, 1.165) is 6.20 Å². The number of anilines is 1. The summed E-state index contributed by atoms with van der Waals surface area (Å²) in [4.78, 5) is 16.3. The van der Waals surface area contributed by atoms with E-state index < -0.39 is 4.92 Å². The molecule has 0 radical (unpaired) electrons. The molecule has 0 amide bonds. The maximum atomic E-state index is 10.9. The molecule has 0 spiro atoms. The molecular formula is C11H10N4O4. The monoisotopic (exact) mass is 262 g/mol. The summed E-state index contributed by atoms with van der Waals surface area (Å²) < 4.78 is 10.8. The van der Waals surface area contributed by atoms with Gasteiger partial charge in [-0.25, -0.2) is 4.98 Å². The van der Waals surface area contributed by atoms with E-state index >= 15 is 0 Å². The molecule has 1 aromatic heterocycles. The second-order valence-electron chi connectivity index (χ2n) is 4.27. The number of nitrogens with zero attached hydrogens (tertiary/aromatic N) is 4. The van der Waals surface area contributed by atoms with Gasteiger partial charge in [-0.2, -0.15) is 5.26 Å². The van der Waals surface area contributed by atoms with E-state index in [-0.39, 0.29) is 23.0 Å². The van der Waals surface area contributed by atoms with E-state index in [4.69, 9.17) is 14.7 Å². The van der Waals surface area contributed by atoms with Gasteiger partial charge < -0.3 is 14.4 Å². The molecule has 0 saturated carbocycles. The first-order valence-corrected chi connectivity index (χ1v) is 5.77. The second kappa shape index (κ2) is 4.37. The van der Waals surface area contributed by atoms with Crippen LogP contribution in [0.2, 0.25) is 0 Å². The molecule has 8 heteroatoms. The lowest BCUT2D eigenvalue weighted by molar-refractivity contribution is -0.385. The number of morpholine rings is 1. The third-order valence-electron chi connectivity index (χ3n) is 3.22. The number of hydrogen-bond donors (Lipinski definition) is 0. The van der Waals surface area contributed by atoms with Gasteiger partial charge in [-0.1, -0.05) is 0 Å². The Morgan fingerprint density at radius 1 is 1.58 bits per heavy atom. The lowest BCUT2D eigenvalue weighted by atomic mass is 10.1. The molecule has 8 nitrogen and oxygen atoms in total. The molecule has 0 aromatic carbocycles. The molecule has 3 rings (SSSR count). The van der Waals surface area contributed by atoms with Crippen molar-refractivity contribution in [1.82, 2.24) is 4.98 Å². The van der Waals surface area contributed by atoms with Gasteiger partial charge in [-0.3, -0.25) is 10.1 Å². The number of pyridine rings is 1. The van der Waals surface area contributed by atoms with Crippen LogP contribution in [0.5, 0.6) is 5.75 Å². The van der Waals surface area contributed by atoms with Gasteiger partial charge >= 0.3 is 5.69 Å². The van der Waals surface area contributed by atoms with Crippen LogP contribution < -0.4 is 9.64 Å². The summed E-state index contributed by atoms with van der Waals surface area (Å²) in [5.74, 6) is 0.691. The highest BCUT2D eigenvalue weighted by molar-refractivity contribution is 5.68. The molecule has 2 aliphatic heterocycles. The van der Waals surface area contributed by atoms with Crippen LogP contribution in [-0.4, -0.2) is 42.3 Å². The lowest BCUT2D eigenvalue weighted by Gasteiger charge is -2.40. The molecule has 0 bridgehead atoms. The van der Waals surface area contributed by atoms with E-state index in [1.165, 1.54) is 0 Å². The topological polar surface area (TPSA) is 102 Å². The number of fused-ring (bicyclic) bond motifs is 3. The third-order valence-corrected chi connectivity index (χ3v) is 3.22. The minimum absolute atomic E-state index is 0.0433.